The van der Waals surface area contributed by atoms with Gasteiger partial charge in [-0.25, -0.2) is 4.79 Å². The molecule has 0 amide bonds. The second-order valence-electron chi connectivity index (χ2n) is 5.14. The van der Waals surface area contributed by atoms with Gasteiger partial charge in [0.15, 0.2) is 0 Å². The predicted octanol–water partition coefficient (Wildman–Crippen LogP) is 2.88. The van der Waals surface area contributed by atoms with Gasteiger partial charge in [0.1, 0.15) is 5.60 Å². The SMILES string of the molecule is CC(C)(C)OC(=O)c1noc(N)c1-c1ccccc1. The summed E-state index contributed by atoms with van der Waals surface area (Å²) in [5, 5.41) is 3.70. The molecule has 0 aliphatic carbocycles. The standard InChI is InChI=1S/C14H16N2O3/c1-14(2,3)18-13(17)11-10(12(15)19-16-11)9-7-5-4-6-8-9/h4-8H,15H2,1-3H3. The molecule has 19 heavy (non-hydrogen) atoms. The van der Waals surface area contributed by atoms with Crippen molar-refractivity contribution in [2.24, 2.45) is 0 Å². The first-order valence-corrected chi connectivity index (χ1v) is 5.92. The molecule has 0 aliphatic rings. The van der Waals surface area contributed by atoms with Gasteiger partial charge < -0.3 is 15.0 Å². The number of nitrogen functional groups attached to an aromatic ring is 1. The van der Waals surface area contributed by atoms with E-state index in [4.69, 9.17) is 15.0 Å². The van der Waals surface area contributed by atoms with E-state index in [-0.39, 0.29) is 11.6 Å². The van der Waals surface area contributed by atoms with Gasteiger partial charge >= 0.3 is 5.97 Å². The molecule has 1 aromatic heterocycles. The number of carbonyl (C=O) groups is 1. The van der Waals surface area contributed by atoms with Crippen molar-refractivity contribution in [1.29, 1.82) is 0 Å². The van der Waals surface area contributed by atoms with Crippen LogP contribution in [0.25, 0.3) is 11.1 Å². The Morgan fingerprint density at radius 2 is 1.89 bits per heavy atom. The van der Waals surface area contributed by atoms with Crippen LogP contribution in [-0.4, -0.2) is 16.7 Å². The lowest BCUT2D eigenvalue weighted by atomic mass is 10.1. The molecule has 0 atom stereocenters. The summed E-state index contributed by atoms with van der Waals surface area (Å²) in [4.78, 5) is 12.1. The van der Waals surface area contributed by atoms with Gasteiger partial charge in [0.2, 0.25) is 11.6 Å². The lowest BCUT2D eigenvalue weighted by molar-refractivity contribution is 0.00597. The maximum atomic E-state index is 12.1. The minimum Gasteiger partial charge on any atom is -0.455 e. The number of anilines is 1. The normalized spacial score (nSPS) is 11.3. The van der Waals surface area contributed by atoms with Gasteiger partial charge in [-0.05, 0) is 26.3 Å². The second-order valence-corrected chi connectivity index (χ2v) is 5.14. The third-order valence-corrected chi connectivity index (χ3v) is 2.37. The van der Waals surface area contributed by atoms with Crippen molar-refractivity contribution in [2.75, 3.05) is 5.73 Å². The van der Waals surface area contributed by atoms with Gasteiger partial charge in [-0.3, -0.25) is 0 Å². The van der Waals surface area contributed by atoms with Gasteiger partial charge in [0.05, 0.1) is 5.56 Å². The summed E-state index contributed by atoms with van der Waals surface area (Å²) in [6.45, 7) is 5.36. The summed E-state index contributed by atoms with van der Waals surface area (Å²) in [6.07, 6.45) is 0. The number of ether oxygens (including phenoxy) is 1. The van der Waals surface area contributed by atoms with Crippen LogP contribution in [0.5, 0.6) is 0 Å². The maximum Gasteiger partial charge on any atom is 0.361 e. The van der Waals surface area contributed by atoms with Gasteiger partial charge in [-0.1, -0.05) is 35.5 Å². The Balaban J connectivity index is 2.41. The molecule has 2 aromatic rings. The second kappa shape index (κ2) is 4.76. The molecule has 0 saturated heterocycles. The summed E-state index contributed by atoms with van der Waals surface area (Å²) in [5.74, 6) is -0.445. The topological polar surface area (TPSA) is 78.3 Å². The predicted molar refractivity (Wildman–Crippen MR) is 71.5 cm³/mol. The first-order valence-electron chi connectivity index (χ1n) is 5.92. The highest BCUT2D eigenvalue weighted by Crippen LogP contribution is 2.30. The number of nitrogens with two attached hydrogens (primary N) is 1. The molecule has 0 aliphatic heterocycles. The van der Waals surface area contributed by atoms with Crippen molar-refractivity contribution in [2.45, 2.75) is 26.4 Å². The highest BCUT2D eigenvalue weighted by Gasteiger charge is 2.26. The average molecular weight is 260 g/mol. The van der Waals surface area contributed by atoms with E-state index in [1.54, 1.807) is 20.8 Å². The van der Waals surface area contributed by atoms with Crippen LogP contribution in [0.3, 0.4) is 0 Å². The van der Waals surface area contributed by atoms with E-state index in [2.05, 4.69) is 5.16 Å². The van der Waals surface area contributed by atoms with Crippen molar-refractivity contribution in [1.82, 2.24) is 5.16 Å². The van der Waals surface area contributed by atoms with Gasteiger partial charge in [-0.2, -0.15) is 0 Å². The van der Waals surface area contributed by atoms with Crippen LogP contribution in [0.4, 0.5) is 5.88 Å². The number of carbonyl (C=O) groups excluding carboxylic acids is 1. The highest BCUT2D eigenvalue weighted by atomic mass is 16.6. The lowest BCUT2D eigenvalue weighted by Gasteiger charge is -2.18. The van der Waals surface area contributed by atoms with E-state index >= 15 is 0 Å². The van der Waals surface area contributed by atoms with Crippen LogP contribution in [0.1, 0.15) is 31.3 Å². The average Bonchev–Trinajstić information content (AvgIpc) is 2.70. The molecule has 5 nitrogen and oxygen atoms in total. The number of esters is 1. The van der Waals surface area contributed by atoms with Gasteiger partial charge in [-0.15, -0.1) is 0 Å². The Morgan fingerprint density at radius 1 is 1.26 bits per heavy atom. The maximum absolute atomic E-state index is 12.1. The van der Waals surface area contributed by atoms with Crippen LogP contribution >= 0.6 is 0 Å². The van der Waals surface area contributed by atoms with Crippen LogP contribution < -0.4 is 5.73 Å². The smallest absolute Gasteiger partial charge is 0.361 e. The fourth-order valence-electron chi connectivity index (χ4n) is 1.65. The molecular weight excluding hydrogens is 244 g/mol. The molecule has 0 saturated carbocycles. The largest absolute Gasteiger partial charge is 0.455 e. The summed E-state index contributed by atoms with van der Waals surface area (Å²) >= 11 is 0. The molecule has 0 spiro atoms. The molecule has 1 aromatic carbocycles. The van der Waals surface area contributed by atoms with Crippen LogP contribution in [0, 0.1) is 0 Å². The molecule has 0 fully saturated rings. The van der Waals surface area contributed by atoms with Crippen molar-refractivity contribution < 1.29 is 14.1 Å². The highest BCUT2D eigenvalue weighted by molar-refractivity contribution is 5.98. The number of aromatic nitrogens is 1. The van der Waals surface area contributed by atoms with Crippen molar-refractivity contribution in [3.8, 4) is 11.1 Å². The van der Waals surface area contributed by atoms with Crippen molar-refractivity contribution in [3.05, 3.63) is 36.0 Å². The zero-order valence-corrected chi connectivity index (χ0v) is 11.1. The molecule has 100 valence electrons. The Labute approximate surface area is 111 Å². The minimum atomic E-state index is -0.598. The number of nitrogens with zero attached hydrogens (tertiary/aromatic N) is 1. The summed E-state index contributed by atoms with van der Waals surface area (Å²) in [5.41, 5.74) is 6.47. The molecule has 0 bridgehead atoms. The van der Waals surface area contributed by atoms with E-state index < -0.39 is 11.6 Å². The third kappa shape index (κ3) is 2.93. The molecule has 0 radical (unpaired) electrons. The molecule has 2 N–H and O–H groups in total. The zero-order valence-electron chi connectivity index (χ0n) is 11.1. The van der Waals surface area contributed by atoms with Crippen molar-refractivity contribution >= 4 is 11.9 Å². The molecule has 1 heterocycles. The monoisotopic (exact) mass is 260 g/mol. The number of hydrogen-bond donors (Lipinski definition) is 1. The van der Waals surface area contributed by atoms with E-state index in [9.17, 15) is 4.79 Å². The van der Waals surface area contributed by atoms with E-state index in [1.807, 2.05) is 30.3 Å². The quantitative estimate of drug-likeness (QED) is 0.840. The van der Waals surface area contributed by atoms with Crippen LogP contribution in [0.2, 0.25) is 0 Å². The number of hydrogen-bond acceptors (Lipinski definition) is 5. The molecule has 5 heteroatoms. The molecule has 2 rings (SSSR count). The third-order valence-electron chi connectivity index (χ3n) is 2.37. The zero-order chi connectivity index (χ0) is 14.0. The first-order chi connectivity index (χ1) is 8.88. The van der Waals surface area contributed by atoms with Gasteiger partial charge in [0, 0.05) is 0 Å². The first kappa shape index (κ1) is 13.1. The summed E-state index contributed by atoms with van der Waals surface area (Å²) in [6, 6.07) is 9.23. The summed E-state index contributed by atoms with van der Waals surface area (Å²) in [7, 11) is 0. The lowest BCUT2D eigenvalue weighted by Crippen LogP contribution is -2.24. The molecular formula is C14H16N2O3. The molecule has 0 unspecified atom stereocenters. The van der Waals surface area contributed by atoms with Crippen molar-refractivity contribution in [3.63, 3.8) is 0 Å². The van der Waals surface area contributed by atoms with E-state index in [0.717, 1.165) is 5.56 Å². The Hall–Kier alpha value is -2.30. The number of benzene rings is 1. The minimum absolute atomic E-state index is 0.0959. The van der Waals surface area contributed by atoms with E-state index in [1.165, 1.54) is 0 Å². The van der Waals surface area contributed by atoms with E-state index in [0.29, 0.717) is 5.56 Å². The Morgan fingerprint density at radius 3 is 2.47 bits per heavy atom. The van der Waals surface area contributed by atoms with Crippen LogP contribution in [-0.2, 0) is 4.74 Å². The fourth-order valence-corrected chi connectivity index (χ4v) is 1.65. The Bertz CT molecular complexity index is 582. The Kier molecular flexibility index (Phi) is 3.29. The van der Waals surface area contributed by atoms with Gasteiger partial charge in [0.25, 0.3) is 0 Å². The fraction of sp³-hybridized carbons (Fsp3) is 0.286. The summed E-state index contributed by atoms with van der Waals surface area (Å²) < 4.78 is 10.2. The number of rotatable bonds is 2. The van der Waals surface area contributed by atoms with Crippen LogP contribution in [0.15, 0.2) is 34.9 Å².